The lowest BCUT2D eigenvalue weighted by Crippen LogP contribution is -2.42. The number of nitrogens with zero attached hydrogens (tertiary/aromatic N) is 3. The molecular weight excluding hydrogens is 490 g/mol. The normalized spacial score (nSPS) is 16.3. The van der Waals surface area contributed by atoms with Gasteiger partial charge >= 0.3 is 0 Å². The minimum absolute atomic E-state index is 0.190. The molecular formula is C24H25N3O6S2. The van der Waals surface area contributed by atoms with E-state index < -0.39 is 9.84 Å². The lowest BCUT2D eigenvalue weighted by Gasteiger charge is -2.28. The first-order chi connectivity index (χ1) is 16.9. The van der Waals surface area contributed by atoms with Gasteiger partial charge in [0.15, 0.2) is 26.5 Å². The third-order valence-corrected chi connectivity index (χ3v) is 7.98. The predicted octanol–water partition coefficient (Wildman–Crippen LogP) is 2.81. The first kappa shape index (κ1) is 23.7. The molecule has 0 spiro atoms. The third kappa shape index (κ3) is 5.48. The van der Waals surface area contributed by atoms with Crippen molar-refractivity contribution >= 4 is 48.5 Å². The fraction of sp³-hybridized carbons (Fsp3) is 0.333. The number of carbonyl (C=O) groups excluding carboxylic acids is 1. The summed E-state index contributed by atoms with van der Waals surface area (Å²) in [5, 5.41) is 0.527. The maximum absolute atomic E-state index is 13.3. The number of rotatable bonds is 7. The van der Waals surface area contributed by atoms with Crippen molar-refractivity contribution in [3.63, 3.8) is 0 Å². The molecule has 3 heterocycles. The van der Waals surface area contributed by atoms with Crippen LogP contribution < -0.4 is 14.4 Å². The Morgan fingerprint density at radius 2 is 1.94 bits per heavy atom. The van der Waals surface area contributed by atoms with E-state index in [1.165, 1.54) is 23.7 Å². The second-order valence-corrected chi connectivity index (χ2v) is 11.3. The van der Waals surface area contributed by atoms with Crippen molar-refractivity contribution in [2.45, 2.75) is 4.90 Å². The van der Waals surface area contributed by atoms with Crippen LogP contribution in [0.15, 0.2) is 47.4 Å². The van der Waals surface area contributed by atoms with Gasteiger partial charge in [-0.05, 0) is 42.0 Å². The number of aromatic nitrogens is 1. The van der Waals surface area contributed by atoms with Gasteiger partial charge in [-0.25, -0.2) is 13.4 Å². The molecule has 5 rings (SSSR count). The lowest BCUT2D eigenvalue weighted by molar-refractivity contribution is -0.114. The number of fused-ring (bicyclic) bond motifs is 2. The molecule has 0 N–H and O–H groups in total. The summed E-state index contributed by atoms with van der Waals surface area (Å²) in [5.74, 6) is 1.12. The summed E-state index contributed by atoms with van der Waals surface area (Å²) >= 11 is 1.30. The molecule has 9 nitrogen and oxygen atoms in total. The Balaban J connectivity index is 1.41. The smallest absolute Gasteiger partial charge is 0.252 e. The van der Waals surface area contributed by atoms with E-state index in [1.54, 1.807) is 29.2 Å². The van der Waals surface area contributed by atoms with E-state index in [1.807, 2.05) is 18.2 Å². The van der Waals surface area contributed by atoms with Crippen LogP contribution in [-0.4, -0.2) is 76.7 Å². The summed E-state index contributed by atoms with van der Waals surface area (Å²) in [6, 6.07) is 10.3. The average Bonchev–Trinajstić information content (AvgIpc) is 3.49. The van der Waals surface area contributed by atoms with Gasteiger partial charge in [0.05, 0.1) is 28.3 Å². The summed E-state index contributed by atoms with van der Waals surface area (Å²) in [5.41, 5.74) is 1.47. The van der Waals surface area contributed by atoms with E-state index in [2.05, 4.69) is 9.88 Å². The zero-order valence-corrected chi connectivity index (χ0v) is 20.8. The summed E-state index contributed by atoms with van der Waals surface area (Å²) in [6.45, 7) is 4.29. The Morgan fingerprint density at radius 3 is 2.74 bits per heavy atom. The Bertz CT molecular complexity index is 1380. The standard InChI is InChI=1S/C24H25N3O6S2/c1-35(29,30)18-4-5-19-22(15-18)34-24(25-19)27(9-8-26-10-12-31-13-11-26)23(28)7-3-17-2-6-20-21(14-17)33-16-32-20/h2-7,14-15H,8-13,16H2,1H3. The van der Waals surface area contributed by atoms with Gasteiger partial charge in [0.2, 0.25) is 6.79 Å². The van der Waals surface area contributed by atoms with Crippen LogP contribution in [0.1, 0.15) is 5.56 Å². The SMILES string of the molecule is CS(=O)(=O)c1ccc2nc(N(CCN3CCOCC3)C(=O)C=Cc3ccc4c(c3)OCO4)sc2c1. The highest BCUT2D eigenvalue weighted by Crippen LogP contribution is 2.33. The lowest BCUT2D eigenvalue weighted by atomic mass is 10.2. The van der Waals surface area contributed by atoms with E-state index in [-0.39, 0.29) is 17.6 Å². The molecule has 0 aliphatic carbocycles. The van der Waals surface area contributed by atoms with Crippen LogP contribution in [0, 0.1) is 0 Å². The number of ether oxygens (including phenoxy) is 3. The first-order valence-electron chi connectivity index (χ1n) is 11.2. The molecule has 0 bridgehead atoms. The van der Waals surface area contributed by atoms with Gasteiger partial charge < -0.3 is 14.2 Å². The third-order valence-electron chi connectivity index (χ3n) is 5.83. The van der Waals surface area contributed by atoms with Crippen LogP contribution in [0.4, 0.5) is 5.13 Å². The van der Waals surface area contributed by atoms with Gasteiger partial charge in [-0.15, -0.1) is 0 Å². The Hall–Kier alpha value is -2.99. The highest BCUT2D eigenvalue weighted by atomic mass is 32.2. The van der Waals surface area contributed by atoms with Crippen molar-refractivity contribution < 1.29 is 27.4 Å². The molecule has 0 unspecified atom stereocenters. The Labute approximate surface area is 207 Å². The van der Waals surface area contributed by atoms with Crippen LogP contribution in [-0.2, 0) is 19.4 Å². The number of carbonyl (C=O) groups is 1. The van der Waals surface area contributed by atoms with Crippen molar-refractivity contribution in [1.82, 2.24) is 9.88 Å². The molecule has 2 aliphatic rings. The van der Waals surface area contributed by atoms with Crippen molar-refractivity contribution in [3.8, 4) is 11.5 Å². The van der Waals surface area contributed by atoms with E-state index in [9.17, 15) is 13.2 Å². The molecule has 0 atom stereocenters. The summed E-state index contributed by atoms with van der Waals surface area (Å²) < 4.78 is 40.8. The minimum atomic E-state index is -3.34. The van der Waals surface area contributed by atoms with Crippen molar-refractivity contribution in [1.29, 1.82) is 0 Å². The van der Waals surface area contributed by atoms with Crippen molar-refractivity contribution in [2.75, 3.05) is 57.3 Å². The second kappa shape index (κ2) is 9.94. The maximum atomic E-state index is 13.3. The number of amides is 1. The number of anilines is 1. The molecule has 35 heavy (non-hydrogen) atoms. The van der Waals surface area contributed by atoms with E-state index >= 15 is 0 Å². The number of sulfone groups is 1. The molecule has 3 aromatic rings. The van der Waals surface area contributed by atoms with Crippen LogP contribution in [0.25, 0.3) is 16.3 Å². The number of benzene rings is 2. The number of thiazole rings is 1. The van der Waals surface area contributed by atoms with Crippen LogP contribution in [0.5, 0.6) is 11.5 Å². The van der Waals surface area contributed by atoms with Crippen LogP contribution in [0.3, 0.4) is 0 Å². The number of morpholine rings is 1. The number of hydrogen-bond acceptors (Lipinski definition) is 9. The largest absolute Gasteiger partial charge is 0.454 e. The van der Waals surface area contributed by atoms with Gasteiger partial charge in [-0.1, -0.05) is 17.4 Å². The van der Waals surface area contributed by atoms with Crippen molar-refractivity contribution in [2.24, 2.45) is 0 Å². The van der Waals surface area contributed by atoms with E-state index in [4.69, 9.17) is 14.2 Å². The van der Waals surface area contributed by atoms with E-state index in [0.717, 1.165) is 18.7 Å². The molecule has 2 aliphatic heterocycles. The molecule has 1 saturated heterocycles. The first-order valence-corrected chi connectivity index (χ1v) is 13.9. The summed E-state index contributed by atoms with van der Waals surface area (Å²) in [6.07, 6.45) is 4.43. The van der Waals surface area contributed by atoms with E-state index in [0.29, 0.717) is 53.2 Å². The predicted molar refractivity (Wildman–Crippen MR) is 134 cm³/mol. The molecule has 2 aromatic carbocycles. The number of hydrogen-bond donors (Lipinski definition) is 0. The van der Waals surface area contributed by atoms with Gasteiger partial charge in [0, 0.05) is 38.5 Å². The topological polar surface area (TPSA) is 98.3 Å². The Morgan fingerprint density at radius 1 is 1.14 bits per heavy atom. The molecule has 1 amide bonds. The average molecular weight is 516 g/mol. The summed E-state index contributed by atoms with van der Waals surface area (Å²) in [7, 11) is -3.34. The van der Waals surface area contributed by atoms with Gasteiger partial charge in [0.25, 0.3) is 5.91 Å². The molecule has 11 heteroatoms. The quantitative estimate of drug-likeness (QED) is 0.443. The second-order valence-electron chi connectivity index (χ2n) is 8.29. The monoisotopic (exact) mass is 515 g/mol. The fourth-order valence-corrected chi connectivity index (χ4v) is 5.64. The zero-order chi connectivity index (χ0) is 24.4. The molecule has 0 radical (unpaired) electrons. The molecule has 1 fully saturated rings. The molecule has 1 aromatic heterocycles. The maximum Gasteiger partial charge on any atom is 0.252 e. The van der Waals surface area contributed by atoms with Crippen LogP contribution in [0.2, 0.25) is 0 Å². The zero-order valence-electron chi connectivity index (χ0n) is 19.2. The summed E-state index contributed by atoms with van der Waals surface area (Å²) in [4.78, 5) is 22.1. The van der Waals surface area contributed by atoms with Gasteiger partial charge in [-0.3, -0.25) is 14.6 Å². The van der Waals surface area contributed by atoms with Gasteiger partial charge in [-0.2, -0.15) is 0 Å². The van der Waals surface area contributed by atoms with Crippen LogP contribution >= 0.6 is 11.3 Å². The highest BCUT2D eigenvalue weighted by Gasteiger charge is 2.21. The Kier molecular flexibility index (Phi) is 6.74. The van der Waals surface area contributed by atoms with Gasteiger partial charge in [0.1, 0.15) is 0 Å². The minimum Gasteiger partial charge on any atom is -0.454 e. The molecule has 184 valence electrons. The highest BCUT2D eigenvalue weighted by molar-refractivity contribution is 7.90. The fourth-order valence-electron chi connectivity index (χ4n) is 3.88. The molecule has 0 saturated carbocycles. The van der Waals surface area contributed by atoms with Crippen molar-refractivity contribution in [3.05, 3.63) is 48.0 Å².